The van der Waals surface area contributed by atoms with Crippen molar-refractivity contribution in [2.75, 3.05) is 19.8 Å². The third-order valence-electron chi connectivity index (χ3n) is 6.76. The van der Waals surface area contributed by atoms with Gasteiger partial charge >= 0.3 is 6.09 Å². The van der Waals surface area contributed by atoms with Crippen LogP contribution in [0.2, 0.25) is 0 Å². The number of carbonyl (C=O) groups excluding carboxylic acids is 1. The van der Waals surface area contributed by atoms with E-state index in [0.717, 1.165) is 0 Å². The minimum Gasteiger partial charge on any atom is -0.449 e. The SMILES string of the molecule is CCOC1CC(O)(CNC(=O)OCC2c3ccccc3-c3ccccc32)C1(C)C. The Kier molecular flexibility index (Phi) is 5.13. The smallest absolute Gasteiger partial charge is 0.407 e. The number of fused-ring (bicyclic) bond motifs is 3. The number of aliphatic hydroxyl groups is 1. The summed E-state index contributed by atoms with van der Waals surface area (Å²) in [6, 6.07) is 16.5. The summed E-state index contributed by atoms with van der Waals surface area (Å²) in [5.74, 6) is 0.0266. The molecule has 2 aliphatic rings. The monoisotopic (exact) mass is 395 g/mol. The molecule has 5 heteroatoms. The van der Waals surface area contributed by atoms with Gasteiger partial charge in [0.1, 0.15) is 6.61 Å². The first-order chi connectivity index (χ1) is 13.9. The molecule has 1 amide bonds. The van der Waals surface area contributed by atoms with Gasteiger partial charge in [0.2, 0.25) is 0 Å². The third kappa shape index (κ3) is 3.32. The molecule has 29 heavy (non-hydrogen) atoms. The lowest BCUT2D eigenvalue weighted by Gasteiger charge is -2.57. The van der Waals surface area contributed by atoms with E-state index in [0.29, 0.717) is 13.0 Å². The minimum atomic E-state index is -0.988. The number of nitrogens with one attached hydrogen (secondary N) is 1. The molecule has 2 unspecified atom stereocenters. The second-order valence-corrected chi connectivity index (χ2v) is 8.58. The highest BCUT2D eigenvalue weighted by molar-refractivity contribution is 5.79. The molecule has 0 bridgehead atoms. The molecule has 2 aromatic rings. The molecule has 4 rings (SSSR count). The molecule has 0 spiro atoms. The molecule has 2 atom stereocenters. The summed E-state index contributed by atoms with van der Waals surface area (Å²) in [6.07, 6.45) is 0.00933. The number of rotatable bonds is 6. The van der Waals surface area contributed by atoms with Gasteiger partial charge in [-0.05, 0) is 29.2 Å². The van der Waals surface area contributed by atoms with Crippen LogP contribution in [0, 0.1) is 5.41 Å². The van der Waals surface area contributed by atoms with Gasteiger partial charge in [0.05, 0.1) is 18.2 Å². The van der Waals surface area contributed by atoms with Crippen LogP contribution < -0.4 is 5.32 Å². The fraction of sp³-hybridized carbons (Fsp3) is 0.458. The Bertz CT molecular complexity index is 864. The van der Waals surface area contributed by atoms with Gasteiger partial charge < -0.3 is 19.9 Å². The van der Waals surface area contributed by atoms with E-state index in [4.69, 9.17) is 9.47 Å². The van der Waals surface area contributed by atoms with Crippen molar-refractivity contribution in [2.24, 2.45) is 5.41 Å². The molecular formula is C24H29NO4. The summed E-state index contributed by atoms with van der Waals surface area (Å²) >= 11 is 0. The van der Waals surface area contributed by atoms with E-state index in [1.54, 1.807) is 0 Å². The Morgan fingerprint density at radius 3 is 2.24 bits per heavy atom. The zero-order valence-corrected chi connectivity index (χ0v) is 17.3. The molecule has 2 N–H and O–H groups in total. The van der Waals surface area contributed by atoms with Gasteiger partial charge in [-0.1, -0.05) is 62.4 Å². The van der Waals surface area contributed by atoms with Crippen molar-refractivity contribution in [2.45, 2.75) is 44.8 Å². The molecule has 1 fully saturated rings. The average Bonchev–Trinajstić information content (AvgIpc) is 3.04. The minimum absolute atomic E-state index is 0.00168. The first-order valence-corrected chi connectivity index (χ1v) is 10.3. The Morgan fingerprint density at radius 1 is 1.10 bits per heavy atom. The second kappa shape index (κ2) is 7.47. The highest BCUT2D eigenvalue weighted by atomic mass is 16.5. The van der Waals surface area contributed by atoms with Crippen molar-refractivity contribution in [3.05, 3.63) is 59.7 Å². The largest absolute Gasteiger partial charge is 0.449 e. The Hall–Kier alpha value is -2.37. The average molecular weight is 395 g/mol. The summed E-state index contributed by atoms with van der Waals surface area (Å²) in [4.78, 5) is 12.4. The van der Waals surface area contributed by atoms with Crippen LogP contribution in [0.3, 0.4) is 0 Å². The maximum Gasteiger partial charge on any atom is 0.407 e. The van der Waals surface area contributed by atoms with Gasteiger partial charge in [-0.25, -0.2) is 4.79 Å². The highest BCUT2D eigenvalue weighted by Gasteiger charge is 2.60. The number of alkyl carbamates (subject to hydrolysis) is 1. The molecule has 2 aliphatic carbocycles. The van der Waals surface area contributed by atoms with Gasteiger partial charge in [0.15, 0.2) is 0 Å². The number of carbonyl (C=O) groups is 1. The zero-order chi connectivity index (χ0) is 20.6. The quantitative estimate of drug-likeness (QED) is 0.773. The maximum absolute atomic E-state index is 12.4. The Morgan fingerprint density at radius 2 is 1.69 bits per heavy atom. The molecule has 5 nitrogen and oxygen atoms in total. The van der Waals surface area contributed by atoms with E-state index in [1.165, 1.54) is 22.3 Å². The van der Waals surface area contributed by atoms with Crippen LogP contribution in [0.4, 0.5) is 4.79 Å². The molecule has 0 aliphatic heterocycles. The summed E-state index contributed by atoms with van der Waals surface area (Å²) in [7, 11) is 0. The number of hydrogen-bond donors (Lipinski definition) is 2. The predicted molar refractivity (Wildman–Crippen MR) is 112 cm³/mol. The van der Waals surface area contributed by atoms with Gasteiger partial charge in [0, 0.05) is 24.4 Å². The van der Waals surface area contributed by atoms with Crippen LogP contribution in [-0.2, 0) is 9.47 Å². The van der Waals surface area contributed by atoms with Crippen molar-refractivity contribution < 1.29 is 19.4 Å². The summed E-state index contributed by atoms with van der Waals surface area (Å²) in [6.45, 7) is 6.92. The van der Waals surface area contributed by atoms with Crippen molar-refractivity contribution >= 4 is 6.09 Å². The van der Waals surface area contributed by atoms with Gasteiger partial charge in [-0.3, -0.25) is 0 Å². The molecular weight excluding hydrogens is 366 g/mol. The normalized spacial score (nSPS) is 24.3. The third-order valence-corrected chi connectivity index (χ3v) is 6.76. The number of amides is 1. The van der Waals surface area contributed by atoms with Gasteiger partial charge in [-0.2, -0.15) is 0 Å². The summed E-state index contributed by atoms with van der Waals surface area (Å²) in [5.41, 5.74) is 3.35. The van der Waals surface area contributed by atoms with Gasteiger partial charge in [-0.15, -0.1) is 0 Å². The maximum atomic E-state index is 12.4. The van der Waals surface area contributed by atoms with Crippen LogP contribution in [-0.4, -0.2) is 42.7 Å². The molecule has 154 valence electrons. The van der Waals surface area contributed by atoms with Crippen molar-refractivity contribution in [1.82, 2.24) is 5.32 Å². The number of ether oxygens (including phenoxy) is 2. The number of benzene rings is 2. The lowest BCUT2D eigenvalue weighted by molar-refractivity contribution is -0.237. The van der Waals surface area contributed by atoms with Crippen LogP contribution in [0.5, 0.6) is 0 Å². The van der Waals surface area contributed by atoms with Crippen molar-refractivity contribution in [3.63, 3.8) is 0 Å². The fourth-order valence-electron chi connectivity index (χ4n) is 4.63. The van der Waals surface area contributed by atoms with E-state index in [1.807, 2.05) is 45.0 Å². The van der Waals surface area contributed by atoms with Crippen LogP contribution >= 0.6 is 0 Å². The lowest BCUT2D eigenvalue weighted by Crippen LogP contribution is -2.68. The lowest BCUT2D eigenvalue weighted by atomic mass is 9.56. The van der Waals surface area contributed by atoms with E-state index >= 15 is 0 Å². The van der Waals surface area contributed by atoms with Crippen molar-refractivity contribution in [1.29, 1.82) is 0 Å². The zero-order valence-electron chi connectivity index (χ0n) is 17.3. The first-order valence-electron chi connectivity index (χ1n) is 10.3. The standard InChI is InChI=1S/C24H29NO4/c1-4-28-21-13-24(27,23(21,2)3)15-25-22(26)29-14-20-18-11-7-5-9-16(18)17-10-6-8-12-19(17)20/h5-12,20-21,27H,4,13-15H2,1-3H3,(H,25,26). The summed E-state index contributed by atoms with van der Waals surface area (Å²) in [5, 5.41) is 13.6. The molecule has 1 saturated carbocycles. The topological polar surface area (TPSA) is 67.8 Å². The fourth-order valence-corrected chi connectivity index (χ4v) is 4.63. The molecule has 0 radical (unpaired) electrons. The van der Waals surface area contributed by atoms with E-state index in [-0.39, 0.29) is 25.2 Å². The molecule has 0 aromatic heterocycles. The molecule has 2 aromatic carbocycles. The van der Waals surface area contributed by atoms with Gasteiger partial charge in [0.25, 0.3) is 0 Å². The molecule has 0 saturated heterocycles. The van der Waals surface area contributed by atoms with E-state index in [2.05, 4.69) is 29.6 Å². The van der Waals surface area contributed by atoms with Crippen molar-refractivity contribution in [3.8, 4) is 11.1 Å². The highest BCUT2D eigenvalue weighted by Crippen LogP contribution is 2.51. The summed E-state index contributed by atoms with van der Waals surface area (Å²) < 4.78 is 11.2. The Labute approximate surface area is 172 Å². The predicted octanol–water partition coefficient (Wildman–Crippen LogP) is 4.09. The van der Waals surface area contributed by atoms with E-state index in [9.17, 15) is 9.90 Å². The first kappa shape index (κ1) is 19.9. The van der Waals surface area contributed by atoms with Crippen LogP contribution in [0.25, 0.3) is 11.1 Å². The Balaban J connectivity index is 1.36. The second-order valence-electron chi connectivity index (χ2n) is 8.58. The number of hydrogen-bond acceptors (Lipinski definition) is 4. The van der Waals surface area contributed by atoms with E-state index < -0.39 is 17.1 Å². The van der Waals surface area contributed by atoms with Crippen LogP contribution in [0.1, 0.15) is 44.2 Å². The molecule has 0 heterocycles. The van der Waals surface area contributed by atoms with Crippen LogP contribution in [0.15, 0.2) is 48.5 Å².